The lowest BCUT2D eigenvalue weighted by Crippen LogP contribution is -2.08. The fourth-order valence-electron chi connectivity index (χ4n) is 0. The lowest BCUT2D eigenvalue weighted by molar-refractivity contribution is -0.142. The van der Waals surface area contributed by atoms with Crippen molar-refractivity contribution in [1.29, 1.82) is 0 Å². The van der Waals surface area contributed by atoms with Crippen molar-refractivity contribution < 1.29 is 14.3 Å². The smallest absolute Gasteiger partial charge is 0.337 e. The summed E-state index contributed by atoms with van der Waals surface area (Å²) in [7, 11) is 0. The Morgan fingerprint density at radius 2 is 2.17 bits per heavy atom. The Kier molecular flexibility index (Phi) is 1.57. The Morgan fingerprint density at radius 3 is 2.17 bits per heavy atom. The number of hydrogen-bond acceptors (Lipinski definition) is 1. The van der Waals surface area contributed by atoms with Gasteiger partial charge in [-0.05, 0) is 6.92 Å². The van der Waals surface area contributed by atoms with Crippen LogP contribution < -0.4 is 0 Å². The molecular weight excluding hydrogens is 87.0 g/mol. The topological polar surface area (TPSA) is 37.3 Å². The molecule has 0 rings (SSSR count). The van der Waals surface area contributed by atoms with E-state index in [0.717, 1.165) is 6.92 Å². The van der Waals surface area contributed by atoms with E-state index in [0.29, 0.717) is 0 Å². The van der Waals surface area contributed by atoms with Crippen LogP contribution in [0.3, 0.4) is 0 Å². The first kappa shape index (κ1) is 5.40. The molecule has 0 aromatic rings. The van der Waals surface area contributed by atoms with E-state index < -0.39 is 12.1 Å². The maximum absolute atomic E-state index is 11.2. The molecular formula is C3H5FO2. The Hall–Kier alpha value is -0.600. The summed E-state index contributed by atoms with van der Waals surface area (Å²) in [5.74, 6) is -1.41. The summed E-state index contributed by atoms with van der Waals surface area (Å²) >= 11 is 0. The zero-order valence-electron chi connectivity index (χ0n) is 3.31. The summed E-state index contributed by atoms with van der Waals surface area (Å²) in [5.41, 5.74) is 0. The van der Waals surface area contributed by atoms with Gasteiger partial charge in [0.2, 0.25) is 0 Å². The molecule has 3 heteroatoms. The van der Waals surface area contributed by atoms with Gasteiger partial charge in [-0.1, -0.05) is 0 Å². The number of rotatable bonds is 1. The molecule has 2 nitrogen and oxygen atoms in total. The monoisotopic (exact) mass is 92.0 g/mol. The van der Waals surface area contributed by atoms with Crippen molar-refractivity contribution >= 4 is 5.97 Å². The van der Waals surface area contributed by atoms with Crippen LogP contribution in [0.1, 0.15) is 6.92 Å². The summed E-state index contributed by atoms with van der Waals surface area (Å²) in [6.45, 7) is 0.975. The van der Waals surface area contributed by atoms with Gasteiger partial charge in [0.25, 0.3) is 0 Å². The number of halogens is 1. The van der Waals surface area contributed by atoms with Crippen molar-refractivity contribution in [3.8, 4) is 0 Å². The maximum atomic E-state index is 11.2. The second-order valence-electron chi connectivity index (χ2n) is 0.954. The van der Waals surface area contributed by atoms with Crippen LogP contribution in [0.2, 0.25) is 0 Å². The summed E-state index contributed by atoms with van der Waals surface area (Å²) in [4.78, 5) is 9.32. The molecule has 0 aromatic carbocycles. The molecule has 0 aliphatic heterocycles. The highest BCUT2D eigenvalue weighted by atomic mass is 19.1. The van der Waals surface area contributed by atoms with Gasteiger partial charge in [-0.15, -0.1) is 0 Å². The number of hydrogen-bond donors (Lipinski definition) is 1. The molecule has 0 radical (unpaired) electrons. The summed E-state index contributed by atoms with van der Waals surface area (Å²) in [6.07, 6.45) is -1.73. The Morgan fingerprint density at radius 1 is 2.00 bits per heavy atom. The molecule has 36 valence electrons. The minimum absolute atomic E-state index is 0.975. The molecule has 1 N–H and O–H groups in total. The summed E-state index contributed by atoms with van der Waals surface area (Å²) in [6, 6.07) is 0. The van der Waals surface area contributed by atoms with Gasteiger partial charge in [0.15, 0.2) is 6.17 Å². The van der Waals surface area contributed by atoms with Gasteiger partial charge in [0, 0.05) is 0 Å². The highest BCUT2D eigenvalue weighted by Gasteiger charge is 2.04. The van der Waals surface area contributed by atoms with E-state index in [1.54, 1.807) is 0 Å². The van der Waals surface area contributed by atoms with Gasteiger partial charge in [0.1, 0.15) is 0 Å². The fraction of sp³-hybridized carbons (Fsp3) is 0.667. The molecule has 0 saturated heterocycles. The van der Waals surface area contributed by atoms with Crippen LogP contribution in [0.4, 0.5) is 4.39 Å². The van der Waals surface area contributed by atoms with E-state index in [9.17, 15) is 9.18 Å². The van der Waals surface area contributed by atoms with Gasteiger partial charge in [-0.25, -0.2) is 9.18 Å². The first-order valence-corrected chi connectivity index (χ1v) is 1.51. The van der Waals surface area contributed by atoms with Crippen molar-refractivity contribution in [1.82, 2.24) is 0 Å². The van der Waals surface area contributed by atoms with Crippen molar-refractivity contribution in [3.63, 3.8) is 0 Å². The van der Waals surface area contributed by atoms with Crippen LogP contribution in [0.5, 0.6) is 0 Å². The Balaban J connectivity index is 3.26. The minimum Gasteiger partial charge on any atom is -0.479 e. The fourth-order valence-corrected chi connectivity index (χ4v) is 0. The lowest BCUT2D eigenvalue weighted by atomic mass is 10.5. The van der Waals surface area contributed by atoms with E-state index in [1.165, 1.54) is 0 Å². The molecule has 0 aromatic heterocycles. The third-order valence-electron chi connectivity index (χ3n) is 0.340. The molecule has 0 bridgehead atoms. The quantitative estimate of drug-likeness (QED) is 0.509. The number of carbonyl (C=O) groups is 1. The van der Waals surface area contributed by atoms with E-state index in [2.05, 4.69) is 0 Å². The van der Waals surface area contributed by atoms with E-state index in [4.69, 9.17) is 5.11 Å². The second kappa shape index (κ2) is 1.74. The SMILES string of the molecule is C[C@H](F)C(=O)O. The van der Waals surface area contributed by atoms with Crippen LogP contribution in [-0.2, 0) is 4.79 Å². The lowest BCUT2D eigenvalue weighted by Gasteiger charge is -1.85. The van der Waals surface area contributed by atoms with Gasteiger partial charge >= 0.3 is 5.97 Å². The predicted molar refractivity (Wildman–Crippen MR) is 18.2 cm³/mol. The maximum Gasteiger partial charge on any atom is 0.337 e. The second-order valence-corrected chi connectivity index (χ2v) is 0.954. The Bertz CT molecular complexity index is 59.8. The third kappa shape index (κ3) is 1.69. The van der Waals surface area contributed by atoms with Crippen LogP contribution in [0.25, 0.3) is 0 Å². The first-order valence-electron chi connectivity index (χ1n) is 1.51. The van der Waals surface area contributed by atoms with E-state index in [1.807, 2.05) is 0 Å². The van der Waals surface area contributed by atoms with Crippen LogP contribution >= 0.6 is 0 Å². The molecule has 0 heterocycles. The molecule has 0 saturated carbocycles. The number of alkyl halides is 1. The summed E-state index contributed by atoms with van der Waals surface area (Å²) in [5, 5.41) is 7.62. The predicted octanol–water partition coefficient (Wildman–Crippen LogP) is 0.429. The average Bonchev–Trinajstić information content (AvgIpc) is 1.36. The van der Waals surface area contributed by atoms with Crippen LogP contribution in [0.15, 0.2) is 0 Å². The van der Waals surface area contributed by atoms with Gasteiger partial charge in [-0.2, -0.15) is 0 Å². The van der Waals surface area contributed by atoms with Crippen molar-refractivity contribution in [3.05, 3.63) is 0 Å². The zero-order valence-corrected chi connectivity index (χ0v) is 3.31. The highest BCUT2D eigenvalue weighted by Crippen LogP contribution is 1.83. The molecule has 6 heavy (non-hydrogen) atoms. The number of aliphatic carboxylic acids is 1. The molecule has 0 spiro atoms. The molecule has 0 aliphatic carbocycles. The van der Waals surface area contributed by atoms with E-state index >= 15 is 0 Å². The van der Waals surface area contributed by atoms with Gasteiger partial charge in [-0.3, -0.25) is 0 Å². The molecule has 0 aliphatic rings. The third-order valence-corrected chi connectivity index (χ3v) is 0.340. The summed E-state index contributed by atoms with van der Waals surface area (Å²) < 4.78 is 11.2. The highest BCUT2D eigenvalue weighted by molar-refractivity contribution is 5.71. The average molecular weight is 92.1 g/mol. The van der Waals surface area contributed by atoms with Crippen LogP contribution in [0, 0.1) is 0 Å². The first-order chi connectivity index (χ1) is 2.64. The molecule has 0 amide bonds. The molecule has 1 atom stereocenters. The minimum atomic E-state index is -1.73. The number of carboxylic acids is 1. The molecule has 0 fully saturated rings. The van der Waals surface area contributed by atoms with Gasteiger partial charge in [0.05, 0.1) is 0 Å². The zero-order chi connectivity index (χ0) is 5.15. The largest absolute Gasteiger partial charge is 0.479 e. The van der Waals surface area contributed by atoms with Crippen molar-refractivity contribution in [2.24, 2.45) is 0 Å². The number of carboxylic acid groups (broad SMARTS) is 1. The van der Waals surface area contributed by atoms with Gasteiger partial charge < -0.3 is 5.11 Å². The van der Waals surface area contributed by atoms with E-state index in [-0.39, 0.29) is 0 Å². The standard InChI is InChI=1S/C3H5FO2/c1-2(4)3(5)6/h2H,1H3,(H,5,6)/t2-/m0/s1. The normalized spacial score (nSPS) is 13.7. The molecule has 0 unspecified atom stereocenters. The van der Waals surface area contributed by atoms with Crippen molar-refractivity contribution in [2.75, 3.05) is 0 Å². The Labute approximate surface area is 34.6 Å². The van der Waals surface area contributed by atoms with Crippen LogP contribution in [-0.4, -0.2) is 17.2 Å². The van der Waals surface area contributed by atoms with Crippen molar-refractivity contribution in [2.45, 2.75) is 13.1 Å².